The third-order valence-electron chi connectivity index (χ3n) is 5.37. The molecular formula is C23H20N4O3. The number of aromatic amines is 1. The van der Waals surface area contributed by atoms with Crippen molar-refractivity contribution < 1.29 is 14.0 Å². The summed E-state index contributed by atoms with van der Waals surface area (Å²) in [4.78, 5) is 35.1. The first-order valence-corrected chi connectivity index (χ1v) is 9.89. The summed E-state index contributed by atoms with van der Waals surface area (Å²) in [7, 11) is 0. The predicted octanol–water partition coefficient (Wildman–Crippen LogP) is 4.39. The lowest BCUT2D eigenvalue weighted by atomic mass is 10.1. The largest absolute Gasteiger partial charge is 0.459 e. The van der Waals surface area contributed by atoms with E-state index in [9.17, 15) is 9.59 Å². The zero-order valence-corrected chi connectivity index (χ0v) is 16.2. The summed E-state index contributed by atoms with van der Waals surface area (Å²) in [6.45, 7) is 0.692. The number of amides is 2. The highest BCUT2D eigenvalue weighted by Gasteiger charge is 2.32. The van der Waals surface area contributed by atoms with Gasteiger partial charge in [0, 0.05) is 17.8 Å². The Morgan fingerprint density at radius 3 is 2.67 bits per heavy atom. The number of fused-ring (bicyclic) bond motifs is 1. The Kier molecular flexibility index (Phi) is 4.55. The number of imidazole rings is 1. The number of carbonyl (C=O) groups is 2. The lowest BCUT2D eigenvalue weighted by Gasteiger charge is -2.23. The summed E-state index contributed by atoms with van der Waals surface area (Å²) in [5.41, 5.74) is 3.06. The van der Waals surface area contributed by atoms with Crippen LogP contribution in [0.25, 0.3) is 11.0 Å². The van der Waals surface area contributed by atoms with E-state index >= 15 is 0 Å². The SMILES string of the molecule is O=C(Nc1ccc(C(=O)N2CCC[C@@H]2c2nc3ccccc3[nH]2)cc1)c1ccco1. The van der Waals surface area contributed by atoms with Crippen LogP contribution in [0.2, 0.25) is 0 Å². The first-order valence-electron chi connectivity index (χ1n) is 9.89. The standard InChI is InChI=1S/C23H20N4O3/c28-22(20-8-4-14-30-20)24-16-11-9-15(10-12-16)23(29)27-13-3-7-19(27)21-25-17-5-1-2-6-18(17)26-21/h1-2,4-6,8-12,14,19H,3,7,13H2,(H,24,28)(H,25,26)/t19-/m1/s1. The minimum absolute atomic E-state index is 0.0399. The Morgan fingerprint density at radius 1 is 1.07 bits per heavy atom. The number of H-pyrrole nitrogens is 1. The average Bonchev–Trinajstić information content (AvgIpc) is 3.53. The van der Waals surface area contributed by atoms with Gasteiger partial charge in [0.1, 0.15) is 5.82 Å². The molecule has 7 heteroatoms. The van der Waals surface area contributed by atoms with Gasteiger partial charge in [-0.05, 0) is 61.4 Å². The minimum atomic E-state index is -0.330. The smallest absolute Gasteiger partial charge is 0.291 e. The van der Waals surface area contributed by atoms with Crippen LogP contribution in [-0.2, 0) is 0 Å². The maximum atomic E-state index is 13.1. The molecule has 0 saturated carbocycles. The normalized spacial score (nSPS) is 16.1. The Hall–Kier alpha value is -3.87. The molecule has 4 aromatic rings. The van der Waals surface area contributed by atoms with Crippen LogP contribution >= 0.6 is 0 Å². The van der Waals surface area contributed by atoms with Crippen LogP contribution in [0.5, 0.6) is 0 Å². The number of likely N-dealkylation sites (tertiary alicyclic amines) is 1. The van der Waals surface area contributed by atoms with Crippen LogP contribution in [-0.4, -0.2) is 33.2 Å². The van der Waals surface area contributed by atoms with E-state index in [0.29, 0.717) is 17.8 Å². The van der Waals surface area contributed by atoms with Crippen molar-refractivity contribution in [1.82, 2.24) is 14.9 Å². The van der Waals surface area contributed by atoms with Crippen LogP contribution < -0.4 is 5.32 Å². The first-order chi connectivity index (χ1) is 14.7. The third-order valence-corrected chi connectivity index (χ3v) is 5.37. The average molecular weight is 400 g/mol. The second-order valence-corrected chi connectivity index (χ2v) is 7.30. The van der Waals surface area contributed by atoms with Gasteiger partial charge in [-0.3, -0.25) is 9.59 Å². The highest BCUT2D eigenvalue weighted by atomic mass is 16.3. The Morgan fingerprint density at radius 2 is 1.90 bits per heavy atom. The number of anilines is 1. The van der Waals surface area contributed by atoms with Gasteiger partial charge in [-0.1, -0.05) is 12.1 Å². The van der Waals surface area contributed by atoms with Crippen molar-refractivity contribution in [3.05, 3.63) is 84.1 Å². The summed E-state index contributed by atoms with van der Waals surface area (Å²) >= 11 is 0. The van der Waals surface area contributed by atoms with Crippen molar-refractivity contribution in [1.29, 1.82) is 0 Å². The lowest BCUT2D eigenvalue weighted by molar-refractivity contribution is 0.0730. The molecule has 0 unspecified atom stereocenters. The van der Waals surface area contributed by atoms with Gasteiger partial charge in [-0.25, -0.2) is 4.98 Å². The van der Waals surface area contributed by atoms with Gasteiger partial charge in [0.15, 0.2) is 5.76 Å². The van der Waals surface area contributed by atoms with E-state index in [1.54, 1.807) is 36.4 Å². The van der Waals surface area contributed by atoms with Gasteiger partial charge in [-0.2, -0.15) is 0 Å². The number of rotatable bonds is 4. The fourth-order valence-corrected chi connectivity index (χ4v) is 3.89. The van der Waals surface area contributed by atoms with Gasteiger partial charge in [0.25, 0.3) is 11.8 Å². The second-order valence-electron chi connectivity index (χ2n) is 7.30. The Labute approximate surface area is 172 Å². The number of aromatic nitrogens is 2. The zero-order valence-electron chi connectivity index (χ0n) is 16.2. The lowest BCUT2D eigenvalue weighted by Crippen LogP contribution is -2.31. The molecule has 2 amide bonds. The first kappa shape index (κ1) is 18.2. The molecule has 1 aliphatic heterocycles. The summed E-state index contributed by atoms with van der Waals surface area (Å²) in [6, 6.07) is 18.0. The molecule has 0 radical (unpaired) electrons. The number of nitrogens with zero attached hydrogens (tertiary/aromatic N) is 2. The van der Waals surface area contributed by atoms with Gasteiger partial charge < -0.3 is 19.6 Å². The molecule has 7 nitrogen and oxygen atoms in total. The molecule has 5 rings (SSSR count). The van der Waals surface area contributed by atoms with Gasteiger partial charge >= 0.3 is 0 Å². The van der Waals surface area contributed by atoms with Crippen LogP contribution in [0.4, 0.5) is 5.69 Å². The maximum absolute atomic E-state index is 13.1. The quantitative estimate of drug-likeness (QED) is 0.532. The molecule has 3 heterocycles. The van der Waals surface area contributed by atoms with E-state index in [1.165, 1.54) is 6.26 Å². The van der Waals surface area contributed by atoms with Gasteiger partial charge in [0.2, 0.25) is 0 Å². The van der Waals surface area contributed by atoms with Crippen molar-refractivity contribution in [2.45, 2.75) is 18.9 Å². The molecule has 0 spiro atoms. The fourth-order valence-electron chi connectivity index (χ4n) is 3.89. The summed E-state index contributed by atoms with van der Waals surface area (Å²) in [5.74, 6) is 0.690. The third kappa shape index (κ3) is 3.34. The topological polar surface area (TPSA) is 91.2 Å². The molecule has 30 heavy (non-hydrogen) atoms. The van der Waals surface area contributed by atoms with E-state index in [1.807, 2.05) is 29.2 Å². The predicted molar refractivity (Wildman–Crippen MR) is 112 cm³/mol. The summed E-state index contributed by atoms with van der Waals surface area (Å²) < 4.78 is 5.09. The van der Waals surface area contributed by atoms with E-state index in [-0.39, 0.29) is 23.6 Å². The van der Waals surface area contributed by atoms with Crippen molar-refractivity contribution in [3.63, 3.8) is 0 Å². The monoisotopic (exact) mass is 400 g/mol. The number of nitrogens with one attached hydrogen (secondary N) is 2. The van der Waals surface area contributed by atoms with Crippen LogP contribution in [0.15, 0.2) is 71.3 Å². The molecule has 1 fully saturated rings. The number of carbonyl (C=O) groups excluding carboxylic acids is 2. The number of furan rings is 1. The fraction of sp³-hybridized carbons (Fsp3) is 0.174. The van der Waals surface area contributed by atoms with E-state index in [2.05, 4.69) is 15.3 Å². The van der Waals surface area contributed by atoms with Crippen molar-refractivity contribution in [2.75, 3.05) is 11.9 Å². The van der Waals surface area contributed by atoms with Crippen molar-refractivity contribution in [3.8, 4) is 0 Å². The van der Waals surface area contributed by atoms with Crippen LogP contribution in [0.3, 0.4) is 0 Å². The van der Waals surface area contributed by atoms with E-state index in [0.717, 1.165) is 29.7 Å². The van der Waals surface area contributed by atoms with E-state index < -0.39 is 0 Å². The number of benzene rings is 2. The molecule has 1 aliphatic rings. The second kappa shape index (κ2) is 7.51. The molecular weight excluding hydrogens is 380 g/mol. The van der Waals surface area contributed by atoms with Crippen LogP contribution in [0.1, 0.15) is 45.6 Å². The summed E-state index contributed by atoms with van der Waals surface area (Å²) in [6.07, 6.45) is 3.26. The molecule has 2 N–H and O–H groups in total. The molecule has 2 aromatic heterocycles. The minimum Gasteiger partial charge on any atom is -0.459 e. The molecule has 1 atom stereocenters. The number of para-hydroxylation sites is 2. The molecule has 1 saturated heterocycles. The Bertz CT molecular complexity index is 1160. The number of hydrogen-bond donors (Lipinski definition) is 2. The van der Waals surface area contributed by atoms with Crippen molar-refractivity contribution in [2.24, 2.45) is 0 Å². The molecule has 2 aromatic carbocycles. The van der Waals surface area contributed by atoms with E-state index in [4.69, 9.17) is 4.42 Å². The highest BCUT2D eigenvalue weighted by Crippen LogP contribution is 2.32. The van der Waals surface area contributed by atoms with Crippen LogP contribution in [0, 0.1) is 0 Å². The highest BCUT2D eigenvalue weighted by molar-refractivity contribution is 6.02. The van der Waals surface area contributed by atoms with Gasteiger partial charge in [0.05, 0.1) is 23.3 Å². The molecule has 0 aliphatic carbocycles. The zero-order chi connectivity index (χ0) is 20.5. The molecule has 0 bridgehead atoms. The summed E-state index contributed by atoms with van der Waals surface area (Å²) in [5, 5.41) is 2.76. The van der Waals surface area contributed by atoms with Gasteiger partial charge in [-0.15, -0.1) is 0 Å². The number of hydrogen-bond acceptors (Lipinski definition) is 4. The molecule has 150 valence electrons. The van der Waals surface area contributed by atoms with Crippen molar-refractivity contribution >= 4 is 28.5 Å². The maximum Gasteiger partial charge on any atom is 0.291 e. The Balaban J connectivity index is 1.32.